The molecule has 0 radical (unpaired) electrons. The molecule has 2 N–H and O–H groups in total. The number of aromatic nitrogens is 2. The van der Waals surface area contributed by atoms with E-state index in [-0.39, 0.29) is 30.9 Å². The molecular formula is C20H19F3N4O3. The van der Waals surface area contributed by atoms with Crippen LogP contribution >= 0.6 is 0 Å². The average molecular weight is 420 g/mol. The van der Waals surface area contributed by atoms with E-state index in [9.17, 15) is 22.8 Å². The molecule has 7 nitrogen and oxygen atoms in total. The molecular weight excluding hydrogens is 401 g/mol. The summed E-state index contributed by atoms with van der Waals surface area (Å²) in [6.45, 7) is 0.496. The van der Waals surface area contributed by atoms with Crippen molar-refractivity contribution in [1.29, 1.82) is 0 Å². The summed E-state index contributed by atoms with van der Waals surface area (Å²) >= 11 is 0. The van der Waals surface area contributed by atoms with Crippen LogP contribution in [0, 0.1) is 0 Å². The van der Waals surface area contributed by atoms with Gasteiger partial charge in [0.2, 0.25) is 0 Å². The first kappa shape index (κ1) is 21.3. The Kier molecular flexibility index (Phi) is 6.36. The number of anilines is 1. The average Bonchev–Trinajstić information content (AvgIpc) is 2.72. The van der Waals surface area contributed by atoms with Crippen molar-refractivity contribution in [2.75, 3.05) is 19.0 Å². The van der Waals surface area contributed by atoms with Gasteiger partial charge in [0.1, 0.15) is 0 Å². The van der Waals surface area contributed by atoms with Gasteiger partial charge in [0, 0.05) is 18.2 Å². The number of fused-ring (bicyclic) bond motifs is 1. The number of nitrogens with one attached hydrogen (secondary N) is 2. The van der Waals surface area contributed by atoms with Gasteiger partial charge in [-0.15, -0.1) is 0 Å². The first-order chi connectivity index (χ1) is 14.3. The highest BCUT2D eigenvalue weighted by atomic mass is 19.4. The number of carbonyl (C=O) groups excluding carboxylic acids is 1. The number of hydrogen-bond acceptors (Lipinski definition) is 4. The summed E-state index contributed by atoms with van der Waals surface area (Å²) in [5, 5.41) is 10.2. The SMILES string of the molecule is COCCn1nc(CNC(=O)Nc2cccc(C(F)(F)F)c2)c2ccccc2c1=O. The Morgan fingerprint density at radius 2 is 1.87 bits per heavy atom. The van der Waals surface area contributed by atoms with E-state index in [2.05, 4.69) is 15.7 Å². The van der Waals surface area contributed by atoms with E-state index in [1.54, 1.807) is 24.3 Å². The molecule has 0 fully saturated rings. The lowest BCUT2D eigenvalue weighted by Crippen LogP contribution is -2.31. The number of amides is 2. The van der Waals surface area contributed by atoms with Crippen molar-refractivity contribution in [3.63, 3.8) is 0 Å². The van der Waals surface area contributed by atoms with Crippen molar-refractivity contribution in [2.45, 2.75) is 19.3 Å². The molecule has 30 heavy (non-hydrogen) atoms. The Bertz CT molecular complexity index is 1110. The molecule has 10 heteroatoms. The normalized spacial score (nSPS) is 11.5. The van der Waals surface area contributed by atoms with Gasteiger partial charge in [0.05, 0.1) is 36.3 Å². The van der Waals surface area contributed by atoms with Gasteiger partial charge < -0.3 is 15.4 Å². The molecule has 3 rings (SSSR count). The van der Waals surface area contributed by atoms with Gasteiger partial charge in [-0.05, 0) is 24.3 Å². The fraction of sp³-hybridized carbons (Fsp3) is 0.250. The van der Waals surface area contributed by atoms with Crippen molar-refractivity contribution >= 4 is 22.5 Å². The maximum absolute atomic E-state index is 12.8. The number of hydrogen-bond donors (Lipinski definition) is 2. The topological polar surface area (TPSA) is 85.2 Å². The van der Waals surface area contributed by atoms with Crippen LogP contribution < -0.4 is 16.2 Å². The van der Waals surface area contributed by atoms with E-state index in [0.717, 1.165) is 12.1 Å². The zero-order valence-corrected chi connectivity index (χ0v) is 16.0. The van der Waals surface area contributed by atoms with Gasteiger partial charge in [-0.2, -0.15) is 18.3 Å². The number of carbonyl (C=O) groups is 1. The molecule has 2 amide bonds. The zero-order valence-electron chi connectivity index (χ0n) is 16.0. The molecule has 0 saturated carbocycles. The molecule has 0 aliphatic heterocycles. The van der Waals surface area contributed by atoms with Crippen LogP contribution in [-0.4, -0.2) is 29.5 Å². The zero-order chi connectivity index (χ0) is 21.7. The number of benzene rings is 2. The third-order valence-electron chi connectivity index (χ3n) is 4.32. The maximum atomic E-state index is 12.8. The summed E-state index contributed by atoms with van der Waals surface area (Å²) < 4.78 is 44.7. The summed E-state index contributed by atoms with van der Waals surface area (Å²) in [6.07, 6.45) is -4.51. The molecule has 158 valence electrons. The van der Waals surface area contributed by atoms with E-state index in [4.69, 9.17) is 4.74 Å². The predicted molar refractivity (Wildman–Crippen MR) is 105 cm³/mol. The number of nitrogens with zero attached hydrogens (tertiary/aromatic N) is 2. The minimum atomic E-state index is -4.51. The fourth-order valence-corrected chi connectivity index (χ4v) is 2.88. The van der Waals surface area contributed by atoms with Gasteiger partial charge in [-0.25, -0.2) is 9.48 Å². The Labute approximate surface area is 169 Å². The molecule has 0 aliphatic carbocycles. The summed E-state index contributed by atoms with van der Waals surface area (Å²) in [5.74, 6) is 0. The molecule has 2 aromatic carbocycles. The molecule has 1 aromatic heterocycles. The number of ether oxygens (including phenoxy) is 1. The summed E-state index contributed by atoms with van der Waals surface area (Å²) in [5.41, 5.74) is -0.691. The number of alkyl halides is 3. The number of rotatable bonds is 6. The van der Waals surface area contributed by atoms with Crippen molar-refractivity contribution in [3.8, 4) is 0 Å². The highest BCUT2D eigenvalue weighted by Crippen LogP contribution is 2.30. The third kappa shape index (κ3) is 4.95. The van der Waals surface area contributed by atoms with Crippen LogP contribution in [0.4, 0.5) is 23.7 Å². The fourth-order valence-electron chi connectivity index (χ4n) is 2.88. The lowest BCUT2D eigenvalue weighted by molar-refractivity contribution is -0.137. The molecule has 0 aliphatic rings. The Hall–Kier alpha value is -3.40. The maximum Gasteiger partial charge on any atom is 0.416 e. The largest absolute Gasteiger partial charge is 0.416 e. The summed E-state index contributed by atoms with van der Waals surface area (Å²) in [6, 6.07) is 10.5. The summed E-state index contributed by atoms with van der Waals surface area (Å²) in [7, 11) is 1.51. The first-order valence-corrected chi connectivity index (χ1v) is 8.99. The monoisotopic (exact) mass is 420 g/mol. The highest BCUT2D eigenvalue weighted by Gasteiger charge is 2.30. The van der Waals surface area contributed by atoms with Gasteiger partial charge in [0.15, 0.2) is 0 Å². The third-order valence-corrected chi connectivity index (χ3v) is 4.32. The van der Waals surface area contributed by atoms with Crippen LogP contribution in [0.15, 0.2) is 53.3 Å². The van der Waals surface area contributed by atoms with Crippen molar-refractivity contribution < 1.29 is 22.7 Å². The van der Waals surface area contributed by atoms with Crippen molar-refractivity contribution in [2.24, 2.45) is 0 Å². The van der Waals surface area contributed by atoms with Crippen molar-refractivity contribution in [1.82, 2.24) is 15.1 Å². The van der Waals surface area contributed by atoms with E-state index in [1.807, 2.05) is 0 Å². The molecule has 3 aromatic rings. The second kappa shape index (κ2) is 8.95. The van der Waals surface area contributed by atoms with Crippen LogP contribution in [0.5, 0.6) is 0 Å². The van der Waals surface area contributed by atoms with Crippen LogP contribution in [0.25, 0.3) is 10.8 Å². The second-order valence-electron chi connectivity index (χ2n) is 6.40. The Morgan fingerprint density at radius 1 is 1.13 bits per heavy atom. The second-order valence-corrected chi connectivity index (χ2v) is 6.40. The minimum Gasteiger partial charge on any atom is -0.383 e. The van der Waals surface area contributed by atoms with Crippen LogP contribution in [0.3, 0.4) is 0 Å². The van der Waals surface area contributed by atoms with Gasteiger partial charge in [-0.3, -0.25) is 4.79 Å². The van der Waals surface area contributed by atoms with Crippen LogP contribution in [0.2, 0.25) is 0 Å². The number of urea groups is 1. The van der Waals surface area contributed by atoms with Gasteiger partial charge >= 0.3 is 12.2 Å². The first-order valence-electron chi connectivity index (χ1n) is 8.99. The minimum absolute atomic E-state index is 0.00482. The molecule has 0 unspecified atom stereocenters. The lowest BCUT2D eigenvalue weighted by atomic mass is 10.1. The Balaban J connectivity index is 1.77. The van der Waals surface area contributed by atoms with Crippen molar-refractivity contribution in [3.05, 3.63) is 70.1 Å². The summed E-state index contributed by atoms with van der Waals surface area (Å²) in [4.78, 5) is 24.7. The van der Waals surface area contributed by atoms with E-state index >= 15 is 0 Å². The molecule has 0 atom stereocenters. The van der Waals surface area contributed by atoms with Crippen LogP contribution in [-0.2, 0) is 24.0 Å². The van der Waals surface area contributed by atoms with E-state index in [1.165, 1.54) is 23.9 Å². The van der Waals surface area contributed by atoms with Gasteiger partial charge in [0.25, 0.3) is 5.56 Å². The molecule has 1 heterocycles. The molecule has 0 spiro atoms. The van der Waals surface area contributed by atoms with Crippen LogP contribution in [0.1, 0.15) is 11.3 Å². The quantitative estimate of drug-likeness (QED) is 0.640. The van der Waals surface area contributed by atoms with E-state index < -0.39 is 17.8 Å². The number of halogens is 3. The smallest absolute Gasteiger partial charge is 0.383 e. The standard InChI is InChI=1S/C20H19F3N4O3/c1-30-10-9-27-18(28)16-8-3-2-7-15(16)17(26-27)12-24-19(29)25-14-6-4-5-13(11-14)20(21,22)23/h2-8,11H,9-10,12H2,1H3,(H2,24,25,29). The number of methoxy groups -OCH3 is 1. The van der Waals surface area contributed by atoms with Gasteiger partial charge in [-0.1, -0.05) is 24.3 Å². The highest BCUT2D eigenvalue weighted by molar-refractivity contribution is 5.90. The molecule has 0 bridgehead atoms. The predicted octanol–water partition coefficient (Wildman–Crippen LogP) is 3.38. The van der Waals surface area contributed by atoms with E-state index in [0.29, 0.717) is 16.5 Å². The molecule has 0 saturated heterocycles. The Morgan fingerprint density at radius 3 is 2.57 bits per heavy atom. The lowest BCUT2D eigenvalue weighted by Gasteiger charge is -2.13.